The van der Waals surface area contributed by atoms with Crippen LogP contribution in [0.3, 0.4) is 0 Å². The topological polar surface area (TPSA) is 99.8 Å². The van der Waals surface area contributed by atoms with Crippen molar-refractivity contribution in [1.29, 1.82) is 0 Å². The van der Waals surface area contributed by atoms with Crippen LogP contribution >= 0.6 is 0 Å². The van der Waals surface area contributed by atoms with E-state index >= 15 is 0 Å². The van der Waals surface area contributed by atoms with E-state index in [1.165, 1.54) is 5.56 Å². The number of amides is 4. The summed E-state index contributed by atoms with van der Waals surface area (Å²) < 4.78 is 5.53. The fourth-order valence-electron chi connectivity index (χ4n) is 4.20. The zero-order chi connectivity index (χ0) is 27.1. The zero-order valence-corrected chi connectivity index (χ0v) is 22.6. The van der Waals surface area contributed by atoms with Crippen molar-refractivity contribution in [2.75, 3.05) is 17.2 Å². The highest BCUT2D eigenvalue weighted by atomic mass is 16.5. The van der Waals surface area contributed by atoms with Crippen molar-refractivity contribution in [2.24, 2.45) is 0 Å². The fourth-order valence-corrected chi connectivity index (χ4v) is 4.20. The Morgan fingerprint density at radius 3 is 2.32 bits per heavy atom. The number of benzene rings is 2. The van der Waals surface area contributed by atoms with E-state index in [1.807, 2.05) is 37.3 Å². The van der Waals surface area contributed by atoms with Gasteiger partial charge >= 0.3 is 18.0 Å². The average molecular weight is 507 g/mol. The van der Waals surface area contributed by atoms with Crippen LogP contribution in [0.25, 0.3) is 0 Å². The molecule has 1 unspecified atom stereocenters. The number of allylic oxidation sites excluding steroid dienone is 1. The molecule has 0 saturated carbocycles. The molecule has 8 nitrogen and oxygen atoms in total. The molecule has 37 heavy (non-hydrogen) atoms. The van der Waals surface area contributed by atoms with Gasteiger partial charge in [-0.1, -0.05) is 51.5 Å². The summed E-state index contributed by atoms with van der Waals surface area (Å²) in [6, 6.07) is 13.5. The van der Waals surface area contributed by atoms with E-state index in [2.05, 4.69) is 29.8 Å². The number of rotatable bonds is 9. The van der Waals surface area contributed by atoms with Gasteiger partial charge in [-0.25, -0.2) is 14.4 Å². The van der Waals surface area contributed by atoms with Gasteiger partial charge in [0.05, 0.1) is 17.7 Å². The third-order valence-corrected chi connectivity index (χ3v) is 6.21. The monoisotopic (exact) mass is 506 g/mol. The van der Waals surface area contributed by atoms with E-state index in [0.29, 0.717) is 40.7 Å². The lowest BCUT2D eigenvalue weighted by Crippen LogP contribution is -2.48. The van der Waals surface area contributed by atoms with Crippen LogP contribution in [0.4, 0.5) is 21.0 Å². The Balaban J connectivity index is 1.84. The average Bonchev–Trinajstić information content (AvgIpc) is 2.83. The molecule has 0 bridgehead atoms. The number of hydrogen-bond acceptors (Lipinski definition) is 4. The SMILES string of the molecule is CCCCN1C(=O)NC(c2cccc(NC(=O)Nc3ccc(C(C)C)cc3)c2)C(C(=O)OC(C)C)=C1C. The molecule has 0 radical (unpaired) electrons. The predicted molar refractivity (Wildman–Crippen MR) is 146 cm³/mol. The highest BCUT2D eigenvalue weighted by Gasteiger charge is 2.36. The van der Waals surface area contributed by atoms with Crippen LogP contribution in [0.1, 0.15) is 77.5 Å². The molecule has 4 amide bonds. The quantitative estimate of drug-likeness (QED) is 0.336. The fraction of sp³-hybridized carbons (Fsp3) is 0.414. The molecule has 0 spiro atoms. The minimum Gasteiger partial charge on any atom is -0.459 e. The van der Waals surface area contributed by atoms with E-state index in [0.717, 1.165) is 12.8 Å². The molecule has 8 heteroatoms. The third kappa shape index (κ3) is 7.12. The van der Waals surface area contributed by atoms with Gasteiger partial charge in [0.2, 0.25) is 0 Å². The lowest BCUT2D eigenvalue weighted by molar-refractivity contribution is -0.143. The summed E-state index contributed by atoms with van der Waals surface area (Å²) in [5.41, 5.74) is 4.03. The van der Waals surface area contributed by atoms with Gasteiger partial charge in [0.1, 0.15) is 0 Å². The summed E-state index contributed by atoms with van der Waals surface area (Å²) in [7, 11) is 0. The summed E-state index contributed by atoms with van der Waals surface area (Å²) >= 11 is 0. The molecule has 0 aliphatic carbocycles. The maximum Gasteiger partial charge on any atom is 0.338 e. The lowest BCUT2D eigenvalue weighted by Gasteiger charge is -2.35. The van der Waals surface area contributed by atoms with Crippen LogP contribution in [-0.2, 0) is 9.53 Å². The van der Waals surface area contributed by atoms with Gasteiger partial charge in [-0.3, -0.25) is 4.90 Å². The molecule has 0 fully saturated rings. The number of carbonyl (C=O) groups excluding carboxylic acids is 3. The van der Waals surface area contributed by atoms with Crippen LogP contribution in [0.15, 0.2) is 59.8 Å². The first kappa shape index (κ1) is 27.8. The van der Waals surface area contributed by atoms with Gasteiger partial charge in [0, 0.05) is 23.6 Å². The minimum atomic E-state index is -0.704. The molecule has 198 valence electrons. The van der Waals surface area contributed by atoms with Crippen molar-refractivity contribution >= 4 is 29.4 Å². The molecular weight excluding hydrogens is 468 g/mol. The molecule has 2 aromatic rings. The highest BCUT2D eigenvalue weighted by Crippen LogP contribution is 2.33. The largest absolute Gasteiger partial charge is 0.459 e. The molecule has 3 N–H and O–H groups in total. The Labute approximate surface area is 219 Å². The van der Waals surface area contributed by atoms with Gasteiger partial charge in [-0.05, 0) is 68.5 Å². The molecule has 1 atom stereocenters. The summed E-state index contributed by atoms with van der Waals surface area (Å²) in [6.07, 6.45) is 1.43. The number of urea groups is 2. The Hall–Kier alpha value is -3.81. The van der Waals surface area contributed by atoms with E-state index in [4.69, 9.17) is 4.74 Å². The number of unbranched alkanes of at least 4 members (excludes halogenated alkanes) is 1. The van der Waals surface area contributed by atoms with Crippen LogP contribution in [0, 0.1) is 0 Å². The van der Waals surface area contributed by atoms with Crippen LogP contribution in [-0.4, -0.2) is 35.6 Å². The Kier molecular flexibility index (Phi) is 9.33. The van der Waals surface area contributed by atoms with Crippen LogP contribution in [0.5, 0.6) is 0 Å². The lowest BCUT2D eigenvalue weighted by atomic mass is 9.94. The van der Waals surface area contributed by atoms with Gasteiger partial charge in [-0.15, -0.1) is 0 Å². The normalized spacial score (nSPS) is 15.6. The van der Waals surface area contributed by atoms with Crippen molar-refractivity contribution in [3.63, 3.8) is 0 Å². The summed E-state index contributed by atoms with van der Waals surface area (Å²) in [5.74, 6) is -0.0648. The molecule has 0 saturated heterocycles. The first-order valence-electron chi connectivity index (χ1n) is 12.9. The summed E-state index contributed by atoms with van der Waals surface area (Å²) in [5, 5.41) is 8.63. The van der Waals surface area contributed by atoms with Crippen molar-refractivity contribution < 1.29 is 19.1 Å². The molecule has 3 rings (SSSR count). The Bertz CT molecular complexity index is 1150. The maximum absolute atomic E-state index is 13.1. The van der Waals surface area contributed by atoms with Crippen molar-refractivity contribution in [3.05, 3.63) is 70.9 Å². The summed E-state index contributed by atoms with van der Waals surface area (Å²) in [4.78, 5) is 40.3. The second-order valence-electron chi connectivity index (χ2n) is 9.82. The van der Waals surface area contributed by atoms with E-state index < -0.39 is 12.0 Å². The Morgan fingerprint density at radius 2 is 1.70 bits per heavy atom. The van der Waals surface area contributed by atoms with Crippen molar-refractivity contribution in [3.8, 4) is 0 Å². The molecule has 1 aliphatic heterocycles. The van der Waals surface area contributed by atoms with Gasteiger partial charge in [0.15, 0.2) is 0 Å². The Morgan fingerprint density at radius 1 is 1.03 bits per heavy atom. The number of anilines is 2. The van der Waals surface area contributed by atoms with Gasteiger partial charge in [-0.2, -0.15) is 0 Å². The molecule has 1 heterocycles. The number of carbonyl (C=O) groups is 3. The first-order valence-corrected chi connectivity index (χ1v) is 12.9. The maximum atomic E-state index is 13.1. The van der Waals surface area contributed by atoms with Gasteiger partial charge in [0.25, 0.3) is 0 Å². The minimum absolute atomic E-state index is 0.266. The van der Waals surface area contributed by atoms with E-state index in [-0.39, 0.29) is 18.2 Å². The zero-order valence-electron chi connectivity index (χ0n) is 22.6. The second kappa shape index (κ2) is 12.4. The number of esters is 1. The van der Waals surface area contributed by atoms with Gasteiger partial charge < -0.3 is 20.7 Å². The van der Waals surface area contributed by atoms with Crippen LogP contribution < -0.4 is 16.0 Å². The standard InChI is InChI=1S/C29H38N4O4/c1-7-8-16-33-20(6)25(27(34)37-19(4)5)26(32-29(33)36)22-10-9-11-24(17-22)31-28(35)30-23-14-12-21(13-15-23)18(2)3/h9-15,17-19,26H,7-8,16H2,1-6H3,(H,32,36)(H2,30,31,35). The second-order valence-corrected chi connectivity index (χ2v) is 9.82. The number of nitrogens with one attached hydrogen (secondary N) is 3. The molecule has 0 aromatic heterocycles. The van der Waals surface area contributed by atoms with Crippen LogP contribution in [0.2, 0.25) is 0 Å². The highest BCUT2D eigenvalue weighted by molar-refractivity contribution is 6.00. The van der Waals surface area contributed by atoms with Crippen molar-refractivity contribution in [1.82, 2.24) is 10.2 Å². The predicted octanol–water partition coefficient (Wildman–Crippen LogP) is 6.55. The number of nitrogens with zero attached hydrogens (tertiary/aromatic N) is 1. The molecular formula is C29H38N4O4. The van der Waals surface area contributed by atoms with Crippen molar-refractivity contribution in [2.45, 2.75) is 72.4 Å². The molecule has 1 aliphatic rings. The number of ether oxygens (including phenoxy) is 1. The third-order valence-electron chi connectivity index (χ3n) is 6.21. The summed E-state index contributed by atoms with van der Waals surface area (Å²) in [6.45, 7) is 12.1. The van der Waals surface area contributed by atoms with E-state index in [9.17, 15) is 14.4 Å². The number of hydrogen-bond donors (Lipinski definition) is 3. The smallest absolute Gasteiger partial charge is 0.338 e. The molecule has 2 aromatic carbocycles. The first-order chi connectivity index (χ1) is 17.6. The van der Waals surface area contributed by atoms with E-state index in [1.54, 1.807) is 43.9 Å².